The molecular formula is C10H19NO2. The molecule has 0 aromatic carbocycles. The summed E-state index contributed by atoms with van der Waals surface area (Å²) >= 11 is 0. The molecule has 76 valence electrons. The zero-order chi connectivity index (χ0) is 9.31. The molecule has 13 heavy (non-hydrogen) atoms. The smallest absolute Gasteiger partial charge is 0.0733 e. The van der Waals surface area contributed by atoms with Crippen molar-refractivity contribution in [3.8, 4) is 0 Å². The zero-order valence-electron chi connectivity index (χ0n) is 8.04. The summed E-state index contributed by atoms with van der Waals surface area (Å²) in [6.07, 6.45) is 5.76. The lowest BCUT2D eigenvalue weighted by atomic mass is 9.63. The predicted molar refractivity (Wildman–Crippen MR) is 50.3 cm³/mol. The second-order valence-corrected chi connectivity index (χ2v) is 4.45. The number of hydrogen-bond donors (Lipinski definition) is 2. The molecule has 0 aromatic rings. The van der Waals surface area contributed by atoms with Gasteiger partial charge in [0.2, 0.25) is 0 Å². The monoisotopic (exact) mass is 185 g/mol. The van der Waals surface area contributed by atoms with Gasteiger partial charge < -0.3 is 15.6 Å². The SMILES string of the molecule is NC(C1CCCO1)C1(CO)CCC1. The molecule has 0 amide bonds. The topological polar surface area (TPSA) is 55.5 Å². The van der Waals surface area contributed by atoms with Crippen molar-refractivity contribution in [1.82, 2.24) is 0 Å². The van der Waals surface area contributed by atoms with Crippen molar-refractivity contribution < 1.29 is 9.84 Å². The van der Waals surface area contributed by atoms with Crippen LogP contribution >= 0.6 is 0 Å². The van der Waals surface area contributed by atoms with Crippen molar-refractivity contribution >= 4 is 0 Å². The van der Waals surface area contributed by atoms with Crippen LogP contribution in [0.1, 0.15) is 32.1 Å². The second-order valence-electron chi connectivity index (χ2n) is 4.45. The van der Waals surface area contributed by atoms with E-state index in [0.29, 0.717) is 0 Å². The van der Waals surface area contributed by atoms with Crippen molar-refractivity contribution in [2.45, 2.75) is 44.2 Å². The van der Waals surface area contributed by atoms with Gasteiger partial charge >= 0.3 is 0 Å². The van der Waals surface area contributed by atoms with E-state index in [1.807, 2.05) is 0 Å². The van der Waals surface area contributed by atoms with Gasteiger partial charge in [-0.05, 0) is 25.7 Å². The summed E-state index contributed by atoms with van der Waals surface area (Å²) in [4.78, 5) is 0. The normalized spacial score (nSPS) is 34.2. The van der Waals surface area contributed by atoms with Crippen LogP contribution in [0.4, 0.5) is 0 Å². The van der Waals surface area contributed by atoms with E-state index in [1.165, 1.54) is 6.42 Å². The third-order valence-corrected chi connectivity index (χ3v) is 3.74. The first-order chi connectivity index (χ1) is 6.28. The van der Waals surface area contributed by atoms with E-state index in [4.69, 9.17) is 10.5 Å². The molecule has 3 N–H and O–H groups in total. The summed E-state index contributed by atoms with van der Waals surface area (Å²) in [6, 6.07) is 0.0498. The second kappa shape index (κ2) is 3.56. The Morgan fingerprint density at radius 1 is 1.46 bits per heavy atom. The predicted octanol–water partition coefficient (Wildman–Crippen LogP) is 0.655. The number of aliphatic hydroxyl groups excluding tert-OH is 1. The quantitative estimate of drug-likeness (QED) is 0.679. The van der Waals surface area contributed by atoms with E-state index in [1.54, 1.807) is 0 Å². The highest BCUT2D eigenvalue weighted by Crippen LogP contribution is 2.45. The van der Waals surface area contributed by atoms with Crippen LogP contribution in [0.3, 0.4) is 0 Å². The summed E-state index contributed by atoms with van der Waals surface area (Å²) in [7, 11) is 0. The maximum Gasteiger partial charge on any atom is 0.0733 e. The molecule has 3 nitrogen and oxygen atoms in total. The van der Waals surface area contributed by atoms with Crippen LogP contribution in [-0.2, 0) is 4.74 Å². The molecule has 0 bridgehead atoms. The third-order valence-electron chi connectivity index (χ3n) is 3.74. The van der Waals surface area contributed by atoms with E-state index in [9.17, 15) is 5.11 Å². The Morgan fingerprint density at radius 3 is 2.62 bits per heavy atom. The Kier molecular flexibility index (Phi) is 2.58. The Morgan fingerprint density at radius 2 is 2.23 bits per heavy atom. The number of ether oxygens (including phenoxy) is 1. The van der Waals surface area contributed by atoms with Crippen molar-refractivity contribution in [3.63, 3.8) is 0 Å². The number of aliphatic hydroxyl groups is 1. The van der Waals surface area contributed by atoms with E-state index in [0.717, 1.165) is 32.3 Å². The highest BCUT2D eigenvalue weighted by molar-refractivity contribution is 4.99. The van der Waals surface area contributed by atoms with Crippen LogP contribution in [0.2, 0.25) is 0 Å². The molecule has 0 spiro atoms. The van der Waals surface area contributed by atoms with E-state index in [2.05, 4.69) is 0 Å². The highest BCUT2D eigenvalue weighted by Gasteiger charge is 2.45. The highest BCUT2D eigenvalue weighted by atomic mass is 16.5. The molecule has 2 atom stereocenters. The van der Waals surface area contributed by atoms with Crippen molar-refractivity contribution in [1.29, 1.82) is 0 Å². The maximum absolute atomic E-state index is 9.33. The Bertz CT molecular complexity index is 168. The number of hydrogen-bond acceptors (Lipinski definition) is 3. The minimum absolute atomic E-state index is 0.00495. The van der Waals surface area contributed by atoms with Gasteiger partial charge in [-0.15, -0.1) is 0 Å². The van der Waals surface area contributed by atoms with Gasteiger partial charge in [-0.1, -0.05) is 6.42 Å². The summed E-state index contributed by atoms with van der Waals surface area (Å²) in [5, 5.41) is 9.33. The molecule has 2 rings (SSSR count). The van der Waals surface area contributed by atoms with E-state index >= 15 is 0 Å². The molecule has 1 aliphatic heterocycles. The number of nitrogens with two attached hydrogens (primary N) is 1. The van der Waals surface area contributed by atoms with E-state index in [-0.39, 0.29) is 24.2 Å². The molecule has 1 saturated heterocycles. The first-order valence-corrected chi connectivity index (χ1v) is 5.26. The minimum Gasteiger partial charge on any atom is -0.396 e. The summed E-state index contributed by atoms with van der Waals surface area (Å²) in [6.45, 7) is 1.08. The molecule has 1 heterocycles. The molecule has 0 aromatic heterocycles. The lowest BCUT2D eigenvalue weighted by Gasteiger charge is -2.46. The van der Waals surface area contributed by atoms with Gasteiger partial charge in [-0.3, -0.25) is 0 Å². The molecule has 0 radical (unpaired) electrons. The summed E-state index contributed by atoms with van der Waals surface area (Å²) in [5.41, 5.74) is 6.14. The molecule has 2 unspecified atom stereocenters. The van der Waals surface area contributed by atoms with Gasteiger partial charge in [0, 0.05) is 18.1 Å². The van der Waals surface area contributed by atoms with Crippen LogP contribution < -0.4 is 5.73 Å². The first kappa shape index (κ1) is 9.44. The zero-order valence-corrected chi connectivity index (χ0v) is 8.04. The van der Waals surface area contributed by atoms with Crippen molar-refractivity contribution in [3.05, 3.63) is 0 Å². The van der Waals surface area contributed by atoms with Crippen LogP contribution in [0.5, 0.6) is 0 Å². The summed E-state index contributed by atoms with van der Waals surface area (Å²) in [5.74, 6) is 0. The standard InChI is InChI=1S/C10H19NO2/c11-9(8-3-1-6-13-8)10(7-12)4-2-5-10/h8-9,12H,1-7,11H2. The van der Waals surface area contributed by atoms with Crippen LogP contribution in [0.15, 0.2) is 0 Å². The fraction of sp³-hybridized carbons (Fsp3) is 1.00. The molecule has 3 heteroatoms. The molecular weight excluding hydrogens is 166 g/mol. The van der Waals surface area contributed by atoms with Crippen LogP contribution in [0, 0.1) is 5.41 Å². The van der Waals surface area contributed by atoms with Crippen LogP contribution in [0.25, 0.3) is 0 Å². The van der Waals surface area contributed by atoms with Crippen molar-refractivity contribution in [2.75, 3.05) is 13.2 Å². The molecule has 1 aliphatic carbocycles. The number of rotatable bonds is 3. The van der Waals surface area contributed by atoms with Gasteiger partial charge in [0.1, 0.15) is 0 Å². The van der Waals surface area contributed by atoms with Gasteiger partial charge in [0.25, 0.3) is 0 Å². The third kappa shape index (κ3) is 1.49. The van der Waals surface area contributed by atoms with E-state index < -0.39 is 0 Å². The lowest BCUT2D eigenvalue weighted by molar-refractivity contribution is -0.0367. The van der Waals surface area contributed by atoms with Crippen molar-refractivity contribution in [2.24, 2.45) is 11.1 Å². The average molecular weight is 185 g/mol. The van der Waals surface area contributed by atoms with Gasteiger partial charge in [-0.25, -0.2) is 0 Å². The Balaban J connectivity index is 1.97. The largest absolute Gasteiger partial charge is 0.396 e. The molecule has 2 fully saturated rings. The molecule has 2 aliphatic rings. The summed E-state index contributed by atoms with van der Waals surface area (Å²) < 4.78 is 5.56. The minimum atomic E-state index is -0.00495. The van der Waals surface area contributed by atoms with Gasteiger partial charge in [0.05, 0.1) is 12.7 Å². The Hall–Kier alpha value is -0.120. The molecule has 1 saturated carbocycles. The maximum atomic E-state index is 9.33. The van der Waals surface area contributed by atoms with Crippen LogP contribution in [-0.4, -0.2) is 30.5 Å². The fourth-order valence-electron chi connectivity index (χ4n) is 2.51. The Labute approximate surface area is 79.3 Å². The fourth-order valence-corrected chi connectivity index (χ4v) is 2.51. The van der Waals surface area contributed by atoms with Gasteiger partial charge in [0.15, 0.2) is 0 Å². The first-order valence-electron chi connectivity index (χ1n) is 5.26. The van der Waals surface area contributed by atoms with Gasteiger partial charge in [-0.2, -0.15) is 0 Å². The lowest BCUT2D eigenvalue weighted by Crippen LogP contribution is -2.55. The average Bonchev–Trinajstić information content (AvgIpc) is 2.54.